The number of thiophene rings is 1. The van der Waals surface area contributed by atoms with Gasteiger partial charge in [-0.15, -0.1) is 11.3 Å². The molecule has 0 spiro atoms. The smallest absolute Gasteiger partial charge is 0.150 e. The van der Waals surface area contributed by atoms with Crippen LogP contribution in [-0.2, 0) is 6.54 Å². The Morgan fingerprint density at radius 2 is 1.86 bits per heavy atom. The van der Waals surface area contributed by atoms with Crippen molar-refractivity contribution in [3.05, 3.63) is 60.6 Å². The predicted molar refractivity (Wildman–Crippen MR) is 91.3 cm³/mol. The highest BCUT2D eigenvalue weighted by molar-refractivity contribution is 7.25. The van der Waals surface area contributed by atoms with E-state index in [2.05, 4.69) is 57.2 Å². The molecule has 108 valence electrons. The second kappa shape index (κ2) is 5.35. The summed E-state index contributed by atoms with van der Waals surface area (Å²) >= 11 is 1.65. The molecule has 5 heteroatoms. The van der Waals surface area contributed by atoms with Gasteiger partial charge < -0.3 is 4.90 Å². The van der Waals surface area contributed by atoms with Crippen LogP contribution in [0.5, 0.6) is 0 Å². The normalized spacial score (nSPS) is 11.1. The van der Waals surface area contributed by atoms with E-state index in [1.54, 1.807) is 17.7 Å². The van der Waals surface area contributed by atoms with E-state index >= 15 is 0 Å². The molecule has 0 saturated heterocycles. The third-order valence-corrected chi connectivity index (χ3v) is 4.73. The van der Waals surface area contributed by atoms with Gasteiger partial charge in [0, 0.05) is 25.2 Å². The Bertz CT molecular complexity index is 933. The number of fused-ring (bicyclic) bond motifs is 3. The fourth-order valence-electron chi connectivity index (χ4n) is 2.60. The number of hydrogen-bond acceptors (Lipinski definition) is 5. The maximum atomic E-state index is 4.50. The number of aromatic nitrogens is 3. The summed E-state index contributed by atoms with van der Waals surface area (Å²) in [4.78, 5) is 16.6. The molecule has 0 unspecified atom stereocenters. The molecule has 1 aromatic carbocycles. The van der Waals surface area contributed by atoms with E-state index in [-0.39, 0.29) is 0 Å². The molecule has 3 heterocycles. The zero-order valence-corrected chi connectivity index (χ0v) is 12.9. The lowest BCUT2D eigenvalue weighted by molar-refractivity contribution is 0.902. The van der Waals surface area contributed by atoms with Crippen molar-refractivity contribution in [2.75, 3.05) is 11.9 Å². The topological polar surface area (TPSA) is 41.9 Å². The first-order valence-electron chi connectivity index (χ1n) is 7.06. The number of anilines is 1. The summed E-state index contributed by atoms with van der Waals surface area (Å²) in [6, 6.07) is 14.4. The Labute approximate surface area is 132 Å². The van der Waals surface area contributed by atoms with Gasteiger partial charge in [0.25, 0.3) is 0 Å². The van der Waals surface area contributed by atoms with Gasteiger partial charge in [0.1, 0.15) is 17.0 Å². The molecule has 4 nitrogen and oxygen atoms in total. The second-order valence-corrected chi connectivity index (χ2v) is 6.17. The Hall–Kier alpha value is -2.53. The van der Waals surface area contributed by atoms with E-state index in [0.29, 0.717) is 0 Å². The molecule has 0 aliphatic heterocycles. The third-order valence-electron chi connectivity index (χ3n) is 3.63. The summed E-state index contributed by atoms with van der Waals surface area (Å²) in [5.74, 6) is 0.955. The summed E-state index contributed by atoms with van der Waals surface area (Å²) in [6.45, 7) is 0.814. The first kappa shape index (κ1) is 13.2. The molecule has 4 rings (SSSR count). The molecule has 0 bridgehead atoms. The first-order chi connectivity index (χ1) is 10.8. The van der Waals surface area contributed by atoms with E-state index in [1.165, 1.54) is 5.56 Å². The number of benzene rings is 1. The summed E-state index contributed by atoms with van der Waals surface area (Å²) in [7, 11) is 2.06. The maximum Gasteiger partial charge on any atom is 0.150 e. The van der Waals surface area contributed by atoms with E-state index in [1.807, 2.05) is 18.3 Å². The average molecular weight is 306 g/mol. The largest absolute Gasteiger partial charge is 0.354 e. The molecule has 0 saturated carbocycles. The number of nitrogens with zero attached hydrogens (tertiary/aromatic N) is 4. The molecule has 0 aliphatic carbocycles. The summed E-state index contributed by atoms with van der Waals surface area (Å²) in [5, 5.41) is 1.10. The fraction of sp³-hybridized carbons (Fsp3) is 0.118. The van der Waals surface area contributed by atoms with Crippen LogP contribution >= 0.6 is 11.3 Å². The lowest BCUT2D eigenvalue weighted by Gasteiger charge is -2.18. The molecular formula is C17H14N4S. The van der Waals surface area contributed by atoms with Crippen LogP contribution in [0.4, 0.5) is 5.82 Å². The fourth-order valence-corrected chi connectivity index (χ4v) is 3.74. The van der Waals surface area contributed by atoms with E-state index < -0.39 is 0 Å². The molecule has 0 fully saturated rings. The van der Waals surface area contributed by atoms with Crippen molar-refractivity contribution in [1.29, 1.82) is 0 Å². The van der Waals surface area contributed by atoms with Crippen LogP contribution in [-0.4, -0.2) is 22.0 Å². The van der Waals surface area contributed by atoms with Gasteiger partial charge in [0.2, 0.25) is 0 Å². The molecule has 0 aliphatic rings. The average Bonchev–Trinajstić information content (AvgIpc) is 2.94. The van der Waals surface area contributed by atoms with Crippen molar-refractivity contribution in [2.24, 2.45) is 0 Å². The van der Waals surface area contributed by atoms with Crippen LogP contribution in [0.3, 0.4) is 0 Å². The van der Waals surface area contributed by atoms with Crippen LogP contribution < -0.4 is 4.90 Å². The van der Waals surface area contributed by atoms with Gasteiger partial charge in [-0.1, -0.05) is 30.3 Å². The van der Waals surface area contributed by atoms with Crippen LogP contribution in [0.2, 0.25) is 0 Å². The molecule has 0 N–H and O–H groups in total. The van der Waals surface area contributed by atoms with E-state index in [0.717, 1.165) is 32.8 Å². The van der Waals surface area contributed by atoms with Crippen molar-refractivity contribution in [2.45, 2.75) is 6.54 Å². The number of rotatable bonds is 3. The van der Waals surface area contributed by atoms with Gasteiger partial charge in [-0.2, -0.15) is 0 Å². The standard InChI is InChI=1S/C17H14N4S/c1-21(10-12-6-3-2-4-7-12)16-15-14(19-11-20-16)13-8-5-9-18-17(13)22-15/h2-9,11H,10H2,1H3. The second-order valence-electron chi connectivity index (χ2n) is 5.17. The number of pyridine rings is 1. The van der Waals surface area contributed by atoms with Gasteiger partial charge in [0.05, 0.1) is 10.2 Å². The third kappa shape index (κ3) is 2.19. The van der Waals surface area contributed by atoms with Crippen LogP contribution in [0, 0.1) is 0 Å². The van der Waals surface area contributed by atoms with Gasteiger partial charge in [-0.25, -0.2) is 15.0 Å². The summed E-state index contributed by atoms with van der Waals surface area (Å²) in [5.41, 5.74) is 2.24. The lowest BCUT2D eigenvalue weighted by Crippen LogP contribution is -2.17. The Kier molecular flexibility index (Phi) is 3.20. The van der Waals surface area contributed by atoms with Gasteiger partial charge in [-0.3, -0.25) is 0 Å². The monoisotopic (exact) mass is 306 g/mol. The highest BCUT2D eigenvalue weighted by Gasteiger charge is 2.14. The Morgan fingerprint density at radius 3 is 2.73 bits per heavy atom. The predicted octanol–water partition coefficient (Wildman–Crippen LogP) is 3.88. The minimum Gasteiger partial charge on any atom is -0.354 e. The van der Waals surface area contributed by atoms with Crippen LogP contribution in [0.15, 0.2) is 55.0 Å². The van der Waals surface area contributed by atoms with Crippen molar-refractivity contribution in [1.82, 2.24) is 15.0 Å². The van der Waals surface area contributed by atoms with Crippen LogP contribution in [0.25, 0.3) is 20.4 Å². The highest BCUT2D eigenvalue weighted by atomic mass is 32.1. The molecule has 3 aromatic heterocycles. The molecule has 4 aromatic rings. The molecule has 0 atom stereocenters. The summed E-state index contributed by atoms with van der Waals surface area (Å²) < 4.78 is 1.09. The summed E-state index contributed by atoms with van der Waals surface area (Å²) in [6.07, 6.45) is 3.46. The SMILES string of the molecule is CN(Cc1ccccc1)c1ncnc2c1sc1ncccc12. The van der Waals surface area contributed by atoms with Gasteiger partial charge in [-0.05, 0) is 17.7 Å². The Balaban J connectivity index is 1.81. The quantitative estimate of drug-likeness (QED) is 0.576. The first-order valence-corrected chi connectivity index (χ1v) is 7.88. The minimum absolute atomic E-state index is 0.814. The van der Waals surface area contributed by atoms with E-state index in [4.69, 9.17) is 0 Å². The van der Waals surface area contributed by atoms with Gasteiger partial charge >= 0.3 is 0 Å². The highest BCUT2D eigenvalue weighted by Crippen LogP contribution is 2.35. The molecule has 0 amide bonds. The van der Waals surface area contributed by atoms with E-state index in [9.17, 15) is 0 Å². The zero-order valence-electron chi connectivity index (χ0n) is 12.1. The molecular weight excluding hydrogens is 292 g/mol. The van der Waals surface area contributed by atoms with Crippen LogP contribution in [0.1, 0.15) is 5.56 Å². The van der Waals surface area contributed by atoms with Crippen molar-refractivity contribution in [3.63, 3.8) is 0 Å². The Morgan fingerprint density at radius 1 is 1.00 bits per heavy atom. The zero-order chi connectivity index (χ0) is 14.9. The minimum atomic E-state index is 0.814. The maximum absolute atomic E-state index is 4.50. The van der Waals surface area contributed by atoms with Crippen molar-refractivity contribution < 1.29 is 0 Å². The van der Waals surface area contributed by atoms with Crippen molar-refractivity contribution in [3.8, 4) is 0 Å². The lowest BCUT2D eigenvalue weighted by atomic mass is 10.2. The molecule has 0 radical (unpaired) electrons. The van der Waals surface area contributed by atoms with Crippen molar-refractivity contribution >= 4 is 37.6 Å². The van der Waals surface area contributed by atoms with Gasteiger partial charge in [0.15, 0.2) is 0 Å². The molecule has 22 heavy (non-hydrogen) atoms. The number of hydrogen-bond donors (Lipinski definition) is 0.